The predicted molar refractivity (Wildman–Crippen MR) is 149 cm³/mol. The van der Waals surface area contributed by atoms with E-state index in [1.165, 1.54) is 35.0 Å². The summed E-state index contributed by atoms with van der Waals surface area (Å²) in [6.45, 7) is -0.616. The van der Waals surface area contributed by atoms with Crippen LogP contribution in [-0.2, 0) is 14.3 Å². The Balaban J connectivity index is 1.54. The number of nitriles is 1. The van der Waals surface area contributed by atoms with Crippen molar-refractivity contribution in [1.29, 1.82) is 5.26 Å². The largest absolute Gasteiger partial charge is 0.394 e. The molecule has 42 heavy (non-hydrogen) atoms. The summed E-state index contributed by atoms with van der Waals surface area (Å²) in [5.41, 5.74) is 1.34. The Hall–Kier alpha value is -3.44. The van der Waals surface area contributed by atoms with Gasteiger partial charge in [0.2, 0.25) is 0 Å². The van der Waals surface area contributed by atoms with Crippen LogP contribution < -0.4 is 4.90 Å². The number of hydrogen-bond acceptors (Lipinski definition) is 9. The van der Waals surface area contributed by atoms with Crippen molar-refractivity contribution in [2.75, 3.05) is 18.6 Å². The van der Waals surface area contributed by atoms with E-state index < -0.39 is 60.9 Å². The van der Waals surface area contributed by atoms with E-state index in [1.54, 1.807) is 24.3 Å². The van der Waals surface area contributed by atoms with Gasteiger partial charge >= 0.3 is 0 Å². The monoisotopic (exact) mass is 599 g/mol. The molecule has 1 aliphatic carbocycles. The number of hydrogen-bond donors (Lipinski definition) is 3. The standard InChI is InChI=1S/C29H31ClFN5O6/c1-41-27-25(35-14-21(33-34-35)17-10-18(30)12-19(31)11-17)26(39)24(15-37)42-28(27)29(40)36(22-7-2-3-8-23(22)38)20-6-4-5-16(9-20)13-32/h4-6,9-12,14,22-28,37-39H,2-3,7-8,15H2,1H3/t22-,23-,24+,25-,26-,27+,28+/m0/s1. The number of aliphatic hydroxyl groups is 3. The van der Waals surface area contributed by atoms with Crippen molar-refractivity contribution in [1.82, 2.24) is 15.0 Å². The van der Waals surface area contributed by atoms with Crippen LogP contribution in [0.2, 0.25) is 5.02 Å². The smallest absolute Gasteiger partial charge is 0.259 e. The number of halogens is 2. The molecule has 2 aromatic carbocycles. The van der Waals surface area contributed by atoms with Gasteiger partial charge in [0.05, 0.1) is 36.6 Å². The number of aromatic nitrogens is 3. The van der Waals surface area contributed by atoms with E-state index in [0.717, 1.165) is 18.9 Å². The van der Waals surface area contributed by atoms with E-state index in [-0.39, 0.29) is 10.7 Å². The highest BCUT2D eigenvalue weighted by atomic mass is 35.5. The van der Waals surface area contributed by atoms with Gasteiger partial charge in [-0.25, -0.2) is 9.07 Å². The molecule has 7 atom stereocenters. The van der Waals surface area contributed by atoms with Crippen LogP contribution >= 0.6 is 11.6 Å². The van der Waals surface area contributed by atoms with Crippen molar-refractivity contribution < 1.29 is 34.0 Å². The number of carbonyl (C=O) groups is 1. The molecule has 1 aliphatic heterocycles. The molecule has 1 saturated heterocycles. The molecule has 0 spiro atoms. The molecule has 5 rings (SSSR count). The minimum Gasteiger partial charge on any atom is -0.394 e. The Labute approximate surface area is 246 Å². The Bertz CT molecular complexity index is 1450. The summed E-state index contributed by atoms with van der Waals surface area (Å²) in [4.78, 5) is 15.9. The average Bonchev–Trinajstić information content (AvgIpc) is 3.47. The number of aliphatic hydroxyl groups excluding tert-OH is 3. The highest BCUT2D eigenvalue weighted by Crippen LogP contribution is 2.36. The first kappa shape index (κ1) is 30.0. The molecule has 1 amide bonds. The molecule has 1 saturated carbocycles. The molecule has 2 heterocycles. The van der Waals surface area contributed by atoms with E-state index in [0.29, 0.717) is 29.7 Å². The van der Waals surface area contributed by atoms with Crippen molar-refractivity contribution in [2.24, 2.45) is 0 Å². The number of anilines is 1. The van der Waals surface area contributed by atoms with E-state index >= 15 is 0 Å². The normalized spacial score (nSPS) is 27.8. The third kappa shape index (κ3) is 5.89. The van der Waals surface area contributed by atoms with Gasteiger partial charge in [-0.05, 0) is 49.2 Å². The summed E-state index contributed by atoms with van der Waals surface area (Å²) in [5, 5.41) is 50.2. The number of benzene rings is 2. The summed E-state index contributed by atoms with van der Waals surface area (Å²) in [5.74, 6) is -1.14. The predicted octanol–water partition coefficient (Wildman–Crippen LogP) is 2.62. The summed E-state index contributed by atoms with van der Waals surface area (Å²) in [6.07, 6.45) is -1.78. The third-order valence-electron chi connectivity index (χ3n) is 7.87. The van der Waals surface area contributed by atoms with Crippen LogP contribution in [0.4, 0.5) is 10.1 Å². The zero-order chi connectivity index (χ0) is 30.0. The van der Waals surface area contributed by atoms with E-state index in [2.05, 4.69) is 16.4 Å². The Kier molecular flexibility index (Phi) is 9.17. The van der Waals surface area contributed by atoms with Gasteiger partial charge in [0, 0.05) is 23.4 Å². The van der Waals surface area contributed by atoms with Crippen LogP contribution in [0.1, 0.15) is 37.3 Å². The quantitative estimate of drug-likeness (QED) is 0.372. The lowest BCUT2D eigenvalue weighted by Gasteiger charge is -2.46. The number of methoxy groups -OCH3 is 1. The molecule has 11 nitrogen and oxygen atoms in total. The lowest BCUT2D eigenvalue weighted by molar-refractivity contribution is -0.211. The van der Waals surface area contributed by atoms with E-state index in [1.807, 2.05) is 0 Å². The molecule has 2 aliphatic rings. The molecular formula is C29H31ClFN5O6. The van der Waals surface area contributed by atoms with Crippen LogP contribution in [0.15, 0.2) is 48.7 Å². The molecule has 1 aromatic heterocycles. The second-order valence-electron chi connectivity index (χ2n) is 10.5. The van der Waals surface area contributed by atoms with Crippen LogP contribution in [-0.4, -0.2) is 86.5 Å². The highest BCUT2D eigenvalue weighted by Gasteiger charge is 2.52. The van der Waals surface area contributed by atoms with Gasteiger partial charge in [0.25, 0.3) is 5.91 Å². The molecule has 222 valence electrons. The number of carbonyl (C=O) groups excluding carboxylic acids is 1. The zero-order valence-corrected chi connectivity index (χ0v) is 23.5. The molecular weight excluding hydrogens is 569 g/mol. The van der Waals surface area contributed by atoms with Crippen LogP contribution in [0, 0.1) is 17.1 Å². The maximum Gasteiger partial charge on any atom is 0.259 e. The minimum absolute atomic E-state index is 0.164. The molecule has 13 heteroatoms. The topological polar surface area (TPSA) is 154 Å². The average molecular weight is 600 g/mol. The van der Waals surface area contributed by atoms with Crippen molar-refractivity contribution in [3.05, 3.63) is 65.1 Å². The van der Waals surface area contributed by atoms with Gasteiger partial charge in [-0.2, -0.15) is 5.26 Å². The fraction of sp³-hybridized carbons (Fsp3) is 0.448. The molecule has 0 bridgehead atoms. The van der Waals surface area contributed by atoms with Crippen molar-refractivity contribution in [3.8, 4) is 17.3 Å². The van der Waals surface area contributed by atoms with Crippen LogP contribution in [0.25, 0.3) is 11.3 Å². The molecule has 0 unspecified atom stereocenters. The Morgan fingerprint density at radius 3 is 2.74 bits per heavy atom. The lowest BCUT2D eigenvalue weighted by Crippen LogP contribution is -2.63. The molecule has 3 aromatic rings. The Morgan fingerprint density at radius 1 is 1.26 bits per heavy atom. The van der Waals surface area contributed by atoms with E-state index in [9.17, 15) is 29.8 Å². The first-order valence-corrected chi connectivity index (χ1v) is 14.0. The van der Waals surface area contributed by atoms with Gasteiger partial charge in [-0.3, -0.25) is 4.79 Å². The highest BCUT2D eigenvalue weighted by molar-refractivity contribution is 6.30. The molecule has 3 N–H and O–H groups in total. The number of amides is 1. The third-order valence-corrected chi connectivity index (χ3v) is 8.09. The first-order valence-electron chi connectivity index (χ1n) is 13.6. The number of ether oxygens (including phenoxy) is 2. The second kappa shape index (κ2) is 12.8. The Morgan fingerprint density at radius 2 is 2.05 bits per heavy atom. The maximum absolute atomic E-state index is 14.4. The van der Waals surface area contributed by atoms with E-state index in [4.69, 9.17) is 21.1 Å². The minimum atomic E-state index is -1.37. The SMILES string of the molecule is CO[C@@H]1[C@@H](n2cc(-c3cc(F)cc(Cl)c3)nn2)[C@@H](O)[C@@H](CO)O[C@H]1C(=O)N(c1cccc(C#N)c1)[C@H]1CCCC[C@@H]1O. The van der Waals surface area contributed by atoms with Crippen molar-refractivity contribution in [3.63, 3.8) is 0 Å². The van der Waals surface area contributed by atoms with Gasteiger partial charge in [0.15, 0.2) is 6.10 Å². The van der Waals surface area contributed by atoms with Gasteiger partial charge in [0.1, 0.15) is 35.9 Å². The fourth-order valence-electron chi connectivity index (χ4n) is 5.85. The summed E-state index contributed by atoms with van der Waals surface area (Å²) >= 11 is 6.01. The van der Waals surface area contributed by atoms with Gasteiger partial charge in [-0.15, -0.1) is 5.10 Å². The number of rotatable bonds is 7. The van der Waals surface area contributed by atoms with Gasteiger partial charge in [-0.1, -0.05) is 35.7 Å². The summed E-state index contributed by atoms with van der Waals surface area (Å²) in [7, 11) is 1.35. The van der Waals surface area contributed by atoms with Gasteiger partial charge < -0.3 is 29.7 Å². The zero-order valence-electron chi connectivity index (χ0n) is 22.8. The number of nitrogens with zero attached hydrogens (tertiary/aromatic N) is 5. The lowest BCUT2D eigenvalue weighted by atomic mass is 9.88. The molecule has 0 radical (unpaired) electrons. The van der Waals surface area contributed by atoms with Crippen molar-refractivity contribution >= 4 is 23.2 Å². The van der Waals surface area contributed by atoms with Crippen LogP contribution in [0.3, 0.4) is 0 Å². The first-order chi connectivity index (χ1) is 20.2. The summed E-state index contributed by atoms with van der Waals surface area (Å²) in [6, 6.07) is 10.8. The fourth-order valence-corrected chi connectivity index (χ4v) is 6.08. The molecule has 2 fully saturated rings. The maximum atomic E-state index is 14.4. The van der Waals surface area contributed by atoms with Crippen molar-refractivity contribution in [2.45, 2.75) is 68.3 Å². The summed E-state index contributed by atoms with van der Waals surface area (Å²) < 4.78 is 27.1. The van der Waals surface area contributed by atoms with Crippen LogP contribution in [0.5, 0.6) is 0 Å². The second-order valence-corrected chi connectivity index (χ2v) is 10.9.